The Hall–Kier alpha value is -4.06. The maximum atomic E-state index is 12.9. The number of rotatable bonds is 7. The Labute approximate surface area is 167 Å². The number of esters is 1. The summed E-state index contributed by atoms with van der Waals surface area (Å²) < 4.78 is 5.31. The molecule has 0 aliphatic rings. The van der Waals surface area contributed by atoms with Gasteiger partial charge < -0.3 is 4.74 Å². The van der Waals surface area contributed by atoms with Crippen molar-refractivity contribution >= 4 is 23.5 Å². The highest BCUT2D eigenvalue weighted by molar-refractivity contribution is 6.12. The fourth-order valence-electron chi connectivity index (χ4n) is 2.71. The Bertz CT molecular complexity index is 1060. The van der Waals surface area contributed by atoms with Crippen LogP contribution in [0.3, 0.4) is 0 Å². The number of nitro groups is 1. The lowest BCUT2D eigenvalue weighted by Gasteiger charge is -2.09. The summed E-state index contributed by atoms with van der Waals surface area (Å²) in [6, 6.07) is 22.9. The molecular formula is C23H17NO5. The number of Topliss-reactive ketones (excluding diaryl/α,β-unsaturated/α-hetero) is 1. The molecule has 0 N–H and O–H groups in total. The molecule has 3 aromatic rings. The van der Waals surface area contributed by atoms with Gasteiger partial charge in [-0.3, -0.25) is 14.9 Å². The average molecular weight is 387 g/mol. The molecule has 0 bridgehead atoms. The van der Waals surface area contributed by atoms with Crippen molar-refractivity contribution in [2.45, 2.75) is 0 Å². The highest BCUT2D eigenvalue weighted by atomic mass is 16.6. The van der Waals surface area contributed by atoms with E-state index in [4.69, 9.17) is 4.74 Å². The molecule has 3 aromatic carbocycles. The van der Waals surface area contributed by atoms with Crippen molar-refractivity contribution in [1.29, 1.82) is 0 Å². The van der Waals surface area contributed by atoms with Gasteiger partial charge in [0.05, 0.1) is 16.1 Å². The maximum Gasteiger partial charge on any atom is 0.338 e. The number of benzene rings is 3. The first-order chi connectivity index (χ1) is 14.1. The summed E-state index contributed by atoms with van der Waals surface area (Å²) in [7, 11) is 0. The van der Waals surface area contributed by atoms with E-state index < -0.39 is 10.9 Å². The van der Waals surface area contributed by atoms with E-state index in [0.717, 1.165) is 0 Å². The van der Waals surface area contributed by atoms with Gasteiger partial charge in [0.2, 0.25) is 0 Å². The third kappa shape index (κ3) is 5.01. The van der Waals surface area contributed by atoms with E-state index in [-0.39, 0.29) is 29.2 Å². The molecule has 0 aliphatic carbocycles. The third-order valence-corrected chi connectivity index (χ3v) is 4.16. The van der Waals surface area contributed by atoms with Crippen molar-refractivity contribution in [3.8, 4) is 0 Å². The van der Waals surface area contributed by atoms with E-state index >= 15 is 0 Å². The van der Waals surface area contributed by atoms with E-state index in [1.165, 1.54) is 18.2 Å². The predicted molar refractivity (Wildman–Crippen MR) is 109 cm³/mol. The van der Waals surface area contributed by atoms with Gasteiger partial charge in [0.25, 0.3) is 5.69 Å². The second-order valence-electron chi connectivity index (χ2n) is 6.12. The van der Waals surface area contributed by atoms with Crippen molar-refractivity contribution in [3.05, 3.63) is 117 Å². The quantitative estimate of drug-likeness (QED) is 0.192. The number of nitrogens with zero attached hydrogens (tertiary/aromatic N) is 1. The van der Waals surface area contributed by atoms with Crippen LogP contribution < -0.4 is 0 Å². The lowest BCUT2D eigenvalue weighted by molar-refractivity contribution is -0.385. The summed E-state index contributed by atoms with van der Waals surface area (Å²) in [6.45, 7) is -0.312. The zero-order valence-corrected chi connectivity index (χ0v) is 15.4. The second kappa shape index (κ2) is 9.23. The zero-order valence-electron chi connectivity index (χ0n) is 15.4. The summed E-state index contributed by atoms with van der Waals surface area (Å²) >= 11 is 0. The Kier molecular flexibility index (Phi) is 6.27. The van der Waals surface area contributed by atoms with Crippen LogP contribution in [0.25, 0.3) is 6.08 Å². The molecule has 0 unspecified atom stereocenters. The van der Waals surface area contributed by atoms with Gasteiger partial charge in [-0.1, -0.05) is 60.7 Å². The highest BCUT2D eigenvalue weighted by Gasteiger charge is 2.18. The standard InChI is InChI=1S/C23H17NO5/c25-22(17-9-3-1-4-10-17)20(15-19-13-7-8-14-21(19)24(27)28)16-29-23(26)18-11-5-2-6-12-18/h1-15H,16H2/b20-15+. The zero-order chi connectivity index (χ0) is 20.6. The molecule has 0 spiro atoms. The van der Waals surface area contributed by atoms with Crippen LogP contribution in [0, 0.1) is 10.1 Å². The van der Waals surface area contributed by atoms with Gasteiger partial charge in [-0.25, -0.2) is 4.79 Å². The molecule has 6 heteroatoms. The van der Waals surface area contributed by atoms with Gasteiger partial charge in [0.15, 0.2) is 5.78 Å². The topological polar surface area (TPSA) is 86.5 Å². The van der Waals surface area contributed by atoms with E-state index in [0.29, 0.717) is 11.1 Å². The number of carbonyl (C=O) groups is 2. The van der Waals surface area contributed by atoms with Gasteiger partial charge in [-0.05, 0) is 24.3 Å². The number of carbonyl (C=O) groups excluding carboxylic acids is 2. The maximum absolute atomic E-state index is 12.9. The van der Waals surface area contributed by atoms with Gasteiger partial charge >= 0.3 is 5.97 Å². The number of hydrogen-bond acceptors (Lipinski definition) is 5. The van der Waals surface area contributed by atoms with Gasteiger partial charge in [0, 0.05) is 17.2 Å². The number of para-hydroxylation sites is 1. The first-order valence-electron chi connectivity index (χ1n) is 8.82. The number of ether oxygens (including phenoxy) is 1. The Morgan fingerprint density at radius 3 is 2.00 bits per heavy atom. The van der Waals surface area contributed by atoms with E-state index in [1.807, 2.05) is 0 Å². The third-order valence-electron chi connectivity index (χ3n) is 4.16. The molecule has 0 amide bonds. The van der Waals surface area contributed by atoms with Crippen molar-refractivity contribution in [1.82, 2.24) is 0 Å². The summed E-state index contributed by atoms with van der Waals surface area (Å²) in [5.74, 6) is -0.954. The SMILES string of the molecule is O=C(OC/C(=C\c1ccccc1[N+](=O)[O-])C(=O)c1ccccc1)c1ccccc1. The lowest BCUT2D eigenvalue weighted by atomic mass is 10.0. The predicted octanol–water partition coefficient (Wildman–Crippen LogP) is 4.72. The van der Waals surface area contributed by atoms with Crippen molar-refractivity contribution in [3.63, 3.8) is 0 Å². The molecule has 0 heterocycles. The highest BCUT2D eigenvalue weighted by Crippen LogP contribution is 2.22. The second-order valence-corrected chi connectivity index (χ2v) is 6.12. The first kappa shape index (κ1) is 19.7. The monoisotopic (exact) mass is 387 g/mol. The molecule has 0 aliphatic heterocycles. The Morgan fingerprint density at radius 1 is 0.828 bits per heavy atom. The fraction of sp³-hybridized carbons (Fsp3) is 0.0435. The fourth-order valence-corrected chi connectivity index (χ4v) is 2.71. The molecule has 0 atom stereocenters. The van der Waals surface area contributed by atoms with E-state index in [9.17, 15) is 19.7 Å². The van der Waals surface area contributed by atoms with Crippen LogP contribution in [0.2, 0.25) is 0 Å². The largest absolute Gasteiger partial charge is 0.457 e. The summed E-state index contributed by atoms with van der Waals surface area (Å²) in [5.41, 5.74) is 1.00. The number of ketones is 1. The Balaban J connectivity index is 1.93. The van der Waals surface area contributed by atoms with Crippen LogP contribution >= 0.6 is 0 Å². The minimum atomic E-state index is -0.583. The molecule has 144 valence electrons. The molecule has 0 fully saturated rings. The van der Waals surface area contributed by atoms with Gasteiger partial charge in [0.1, 0.15) is 6.61 Å². The summed E-state index contributed by atoms with van der Waals surface area (Å²) in [4.78, 5) is 36.0. The molecule has 0 radical (unpaired) electrons. The Morgan fingerprint density at radius 2 is 1.38 bits per heavy atom. The smallest absolute Gasteiger partial charge is 0.338 e. The molecule has 29 heavy (non-hydrogen) atoms. The van der Waals surface area contributed by atoms with Crippen LogP contribution in [0.5, 0.6) is 0 Å². The lowest BCUT2D eigenvalue weighted by Crippen LogP contribution is -2.14. The van der Waals surface area contributed by atoms with Crippen molar-refractivity contribution in [2.24, 2.45) is 0 Å². The van der Waals surface area contributed by atoms with E-state index in [2.05, 4.69) is 0 Å². The van der Waals surface area contributed by atoms with Gasteiger partial charge in [-0.15, -0.1) is 0 Å². The van der Waals surface area contributed by atoms with Crippen molar-refractivity contribution in [2.75, 3.05) is 6.61 Å². The molecule has 0 saturated carbocycles. The molecular weight excluding hydrogens is 370 g/mol. The molecule has 3 rings (SSSR count). The van der Waals surface area contributed by atoms with Crippen LogP contribution in [-0.2, 0) is 4.74 Å². The van der Waals surface area contributed by atoms with Crippen molar-refractivity contribution < 1.29 is 19.2 Å². The molecule has 6 nitrogen and oxygen atoms in total. The minimum Gasteiger partial charge on any atom is -0.457 e. The summed E-state index contributed by atoms with van der Waals surface area (Å²) in [6.07, 6.45) is 1.39. The van der Waals surface area contributed by atoms with Crippen LogP contribution in [0.15, 0.2) is 90.5 Å². The molecule has 0 aromatic heterocycles. The van der Waals surface area contributed by atoms with Crippen LogP contribution in [-0.4, -0.2) is 23.3 Å². The molecule has 0 saturated heterocycles. The number of nitro benzene ring substituents is 1. The van der Waals surface area contributed by atoms with E-state index in [1.54, 1.807) is 72.8 Å². The van der Waals surface area contributed by atoms with Crippen LogP contribution in [0.4, 0.5) is 5.69 Å². The average Bonchev–Trinajstić information content (AvgIpc) is 2.77. The number of hydrogen-bond donors (Lipinski definition) is 0. The normalized spacial score (nSPS) is 11.0. The minimum absolute atomic E-state index is 0.134. The first-order valence-corrected chi connectivity index (χ1v) is 8.82. The summed E-state index contributed by atoms with van der Waals surface area (Å²) in [5, 5.41) is 11.3. The van der Waals surface area contributed by atoms with Gasteiger partial charge in [-0.2, -0.15) is 0 Å². The van der Waals surface area contributed by atoms with Crippen LogP contribution in [0.1, 0.15) is 26.3 Å².